The van der Waals surface area contributed by atoms with Gasteiger partial charge in [0, 0.05) is 5.69 Å². The second kappa shape index (κ2) is 5.08. The van der Waals surface area contributed by atoms with Gasteiger partial charge in [-0.1, -0.05) is 6.07 Å². The molecule has 100 valence electrons. The molecule has 1 aromatic carbocycles. The summed E-state index contributed by atoms with van der Waals surface area (Å²) in [5.41, 5.74) is 5.57. The summed E-state index contributed by atoms with van der Waals surface area (Å²) in [5.74, 6) is 0.397. The summed E-state index contributed by atoms with van der Waals surface area (Å²) in [7, 11) is 0. The van der Waals surface area contributed by atoms with E-state index in [0.29, 0.717) is 21.7 Å². The highest BCUT2D eigenvalue weighted by molar-refractivity contribution is 9.10. The van der Waals surface area contributed by atoms with Crippen LogP contribution in [0.5, 0.6) is 0 Å². The van der Waals surface area contributed by atoms with Crippen LogP contribution in [0.1, 0.15) is 5.56 Å². The van der Waals surface area contributed by atoms with Gasteiger partial charge in [0.1, 0.15) is 5.82 Å². The molecule has 0 spiro atoms. The highest BCUT2D eigenvalue weighted by atomic mass is 79.9. The number of nitrogens with zero attached hydrogens (tertiary/aromatic N) is 1. The van der Waals surface area contributed by atoms with Crippen molar-refractivity contribution in [1.82, 2.24) is 4.98 Å². The molecule has 0 aliphatic rings. The minimum atomic E-state index is -4.37. The van der Waals surface area contributed by atoms with E-state index < -0.39 is 11.7 Å². The number of halogens is 4. The molecule has 19 heavy (non-hydrogen) atoms. The van der Waals surface area contributed by atoms with Crippen molar-refractivity contribution in [1.29, 1.82) is 0 Å². The van der Waals surface area contributed by atoms with Crippen LogP contribution in [0.4, 0.5) is 30.4 Å². The molecule has 0 amide bonds. The van der Waals surface area contributed by atoms with E-state index >= 15 is 0 Å². The van der Waals surface area contributed by atoms with Crippen LogP contribution in [-0.2, 0) is 6.18 Å². The zero-order chi connectivity index (χ0) is 14.0. The SMILES string of the molecule is Nc1cnc(Nc2cccc(C(F)(F)F)c2)c(Br)c1. The minimum Gasteiger partial charge on any atom is -0.397 e. The molecule has 0 unspecified atom stereocenters. The Morgan fingerprint density at radius 1 is 1.21 bits per heavy atom. The lowest BCUT2D eigenvalue weighted by atomic mass is 10.2. The summed E-state index contributed by atoms with van der Waals surface area (Å²) in [6.45, 7) is 0. The van der Waals surface area contributed by atoms with Gasteiger partial charge in [0.2, 0.25) is 0 Å². The first-order valence-electron chi connectivity index (χ1n) is 5.21. The van der Waals surface area contributed by atoms with Gasteiger partial charge in [-0.2, -0.15) is 13.2 Å². The van der Waals surface area contributed by atoms with Crippen LogP contribution in [0.15, 0.2) is 41.0 Å². The van der Waals surface area contributed by atoms with Gasteiger partial charge in [-0.25, -0.2) is 4.98 Å². The van der Waals surface area contributed by atoms with E-state index in [9.17, 15) is 13.2 Å². The Balaban J connectivity index is 2.29. The molecular weight excluding hydrogens is 323 g/mol. The van der Waals surface area contributed by atoms with E-state index in [-0.39, 0.29) is 0 Å². The molecule has 0 fully saturated rings. The quantitative estimate of drug-likeness (QED) is 0.867. The molecule has 3 nitrogen and oxygen atoms in total. The first-order valence-corrected chi connectivity index (χ1v) is 6.01. The Bertz CT molecular complexity index is 599. The van der Waals surface area contributed by atoms with E-state index in [2.05, 4.69) is 26.2 Å². The van der Waals surface area contributed by atoms with Crippen LogP contribution < -0.4 is 11.1 Å². The largest absolute Gasteiger partial charge is 0.416 e. The van der Waals surface area contributed by atoms with Crippen molar-refractivity contribution in [2.45, 2.75) is 6.18 Å². The van der Waals surface area contributed by atoms with Crippen molar-refractivity contribution in [3.05, 3.63) is 46.6 Å². The second-order valence-corrected chi connectivity index (χ2v) is 4.66. The molecule has 3 N–H and O–H groups in total. The van der Waals surface area contributed by atoms with Crippen molar-refractivity contribution in [3.63, 3.8) is 0 Å². The number of alkyl halides is 3. The molecule has 2 aromatic rings. The van der Waals surface area contributed by atoms with Gasteiger partial charge < -0.3 is 11.1 Å². The third-order valence-electron chi connectivity index (χ3n) is 2.31. The molecule has 0 bridgehead atoms. The Kier molecular flexibility index (Phi) is 3.66. The molecule has 0 saturated heterocycles. The van der Waals surface area contributed by atoms with Crippen molar-refractivity contribution in [3.8, 4) is 0 Å². The molecule has 0 aliphatic heterocycles. The maximum atomic E-state index is 12.6. The maximum absolute atomic E-state index is 12.6. The lowest BCUT2D eigenvalue weighted by Gasteiger charge is -2.11. The summed E-state index contributed by atoms with van der Waals surface area (Å²) in [6, 6.07) is 6.50. The monoisotopic (exact) mass is 331 g/mol. The summed E-state index contributed by atoms with van der Waals surface area (Å²) < 4.78 is 38.3. The van der Waals surface area contributed by atoms with E-state index in [1.165, 1.54) is 18.3 Å². The van der Waals surface area contributed by atoms with Crippen LogP contribution in [-0.4, -0.2) is 4.98 Å². The molecule has 2 rings (SSSR count). The molecule has 1 aromatic heterocycles. The van der Waals surface area contributed by atoms with Crippen molar-refractivity contribution >= 4 is 33.1 Å². The fourth-order valence-corrected chi connectivity index (χ4v) is 1.92. The fraction of sp³-hybridized carbons (Fsp3) is 0.0833. The third kappa shape index (κ3) is 3.37. The molecule has 0 radical (unpaired) electrons. The Morgan fingerprint density at radius 3 is 2.58 bits per heavy atom. The van der Waals surface area contributed by atoms with E-state index in [0.717, 1.165) is 12.1 Å². The zero-order valence-electron chi connectivity index (χ0n) is 9.50. The van der Waals surface area contributed by atoms with Gasteiger partial charge in [-0.15, -0.1) is 0 Å². The molecule has 0 saturated carbocycles. The Morgan fingerprint density at radius 2 is 1.95 bits per heavy atom. The molecule has 7 heteroatoms. The van der Waals surface area contributed by atoms with Gasteiger partial charge in [0.15, 0.2) is 0 Å². The summed E-state index contributed by atoms with van der Waals surface area (Å²) in [6.07, 6.45) is -2.95. The molecule has 0 aliphatic carbocycles. The predicted molar refractivity (Wildman–Crippen MR) is 71.1 cm³/mol. The number of hydrogen-bond acceptors (Lipinski definition) is 3. The van der Waals surface area contributed by atoms with Gasteiger partial charge in [0.05, 0.1) is 21.9 Å². The smallest absolute Gasteiger partial charge is 0.397 e. The average molecular weight is 332 g/mol. The average Bonchev–Trinajstić information content (AvgIpc) is 2.32. The normalized spacial score (nSPS) is 11.4. The highest BCUT2D eigenvalue weighted by Gasteiger charge is 2.30. The molecule has 0 atom stereocenters. The van der Waals surface area contributed by atoms with Crippen LogP contribution in [0.25, 0.3) is 0 Å². The summed E-state index contributed by atoms with van der Waals surface area (Å²) >= 11 is 3.24. The van der Waals surface area contributed by atoms with E-state index in [1.54, 1.807) is 6.07 Å². The van der Waals surface area contributed by atoms with Crippen LogP contribution in [0.2, 0.25) is 0 Å². The number of anilines is 3. The number of nitrogens with two attached hydrogens (primary N) is 1. The van der Waals surface area contributed by atoms with Crippen molar-refractivity contribution in [2.75, 3.05) is 11.1 Å². The summed E-state index contributed by atoms with van der Waals surface area (Å²) in [5, 5.41) is 2.80. The predicted octanol–water partition coefficient (Wildman–Crippen LogP) is 4.19. The Labute approximate surface area is 115 Å². The number of benzene rings is 1. The molecule has 1 heterocycles. The van der Waals surface area contributed by atoms with Gasteiger partial charge in [-0.05, 0) is 40.2 Å². The number of aromatic nitrogens is 1. The summed E-state index contributed by atoms with van der Waals surface area (Å²) in [4.78, 5) is 4.00. The van der Waals surface area contributed by atoms with Crippen LogP contribution in [0, 0.1) is 0 Å². The molecular formula is C12H9BrF3N3. The van der Waals surface area contributed by atoms with Gasteiger partial charge in [0.25, 0.3) is 0 Å². The minimum absolute atomic E-state index is 0.299. The lowest BCUT2D eigenvalue weighted by Crippen LogP contribution is -2.05. The van der Waals surface area contributed by atoms with E-state index in [4.69, 9.17) is 5.73 Å². The number of nitrogen functional groups attached to an aromatic ring is 1. The van der Waals surface area contributed by atoms with Crippen molar-refractivity contribution in [2.24, 2.45) is 0 Å². The van der Waals surface area contributed by atoms with Gasteiger partial charge in [-0.3, -0.25) is 0 Å². The van der Waals surface area contributed by atoms with E-state index in [1.807, 2.05) is 0 Å². The first-order chi connectivity index (χ1) is 8.86. The number of pyridine rings is 1. The van der Waals surface area contributed by atoms with Gasteiger partial charge >= 0.3 is 6.18 Å². The van der Waals surface area contributed by atoms with Crippen molar-refractivity contribution < 1.29 is 13.2 Å². The maximum Gasteiger partial charge on any atom is 0.416 e. The lowest BCUT2D eigenvalue weighted by molar-refractivity contribution is -0.137. The number of rotatable bonds is 2. The Hall–Kier alpha value is -1.76. The fourth-order valence-electron chi connectivity index (χ4n) is 1.45. The highest BCUT2D eigenvalue weighted by Crippen LogP contribution is 2.32. The van der Waals surface area contributed by atoms with Crippen LogP contribution in [0.3, 0.4) is 0 Å². The topological polar surface area (TPSA) is 50.9 Å². The van der Waals surface area contributed by atoms with Crippen LogP contribution >= 0.6 is 15.9 Å². The number of nitrogens with one attached hydrogen (secondary N) is 1. The standard InChI is InChI=1S/C12H9BrF3N3/c13-10-5-8(17)6-18-11(10)19-9-3-1-2-7(4-9)12(14,15)16/h1-6H,17H2,(H,18,19). The second-order valence-electron chi connectivity index (χ2n) is 3.80. The number of hydrogen-bond donors (Lipinski definition) is 2. The zero-order valence-corrected chi connectivity index (χ0v) is 11.1. The first kappa shape index (κ1) is 13.7. The third-order valence-corrected chi connectivity index (χ3v) is 2.92.